The SMILES string of the molecule is C=CCN1C(=O)C(CC(=O)c2ccc(F)cc2)SC1=Nc1ccc(F)cc1. The Morgan fingerprint density at radius 2 is 1.70 bits per heavy atom. The molecule has 2 aromatic carbocycles. The summed E-state index contributed by atoms with van der Waals surface area (Å²) in [6, 6.07) is 10.8. The van der Waals surface area contributed by atoms with Crippen molar-refractivity contribution in [2.24, 2.45) is 4.99 Å². The summed E-state index contributed by atoms with van der Waals surface area (Å²) in [7, 11) is 0. The topological polar surface area (TPSA) is 49.7 Å². The van der Waals surface area contributed by atoms with Crippen molar-refractivity contribution in [1.29, 1.82) is 0 Å². The van der Waals surface area contributed by atoms with Crippen molar-refractivity contribution in [2.75, 3.05) is 6.54 Å². The minimum Gasteiger partial charge on any atom is -0.294 e. The first-order chi connectivity index (χ1) is 13.0. The average molecular weight is 386 g/mol. The zero-order chi connectivity index (χ0) is 19.4. The normalized spacial score (nSPS) is 18.1. The second-order valence-electron chi connectivity index (χ2n) is 5.85. The average Bonchev–Trinajstić information content (AvgIpc) is 2.93. The number of rotatable bonds is 6. The van der Waals surface area contributed by atoms with Gasteiger partial charge in [0.1, 0.15) is 11.6 Å². The number of ketones is 1. The number of benzene rings is 2. The Hall–Kier alpha value is -2.80. The molecule has 1 saturated heterocycles. The predicted octanol–water partition coefficient (Wildman–Crippen LogP) is 4.36. The summed E-state index contributed by atoms with van der Waals surface area (Å²) >= 11 is 1.18. The monoisotopic (exact) mass is 386 g/mol. The predicted molar refractivity (Wildman–Crippen MR) is 102 cm³/mol. The van der Waals surface area contributed by atoms with Gasteiger partial charge in [-0.2, -0.15) is 0 Å². The molecule has 1 atom stereocenters. The van der Waals surface area contributed by atoms with Crippen LogP contribution in [0.3, 0.4) is 0 Å². The Morgan fingerprint density at radius 1 is 1.11 bits per heavy atom. The van der Waals surface area contributed by atoms with Crippen LogP contribution in [0.1, 0.15) is 16.8 Å². The number of aliphatic imine (C=N–C) groups is 1. The maximum absolute atomic E-state index is 13.1. The summed E-state index contributed by atoms with van der Waals surface area (Å²) in [5.74, 6) is -1.29. The summed E-state index contributed by atoms with van der Waals surface area (Å²) in [6.07, 6.45) is 1.55. The maximum atomic E-state index is 13.1. The van der Waals surface area contributed by atoms with Crippen LogP contribution in [0.4, 0.5) is 14.5 Å². The Morgan fingerprint density at radius 3 is 2.30 bits per heavy atom. The number of carbonyl (C=O) groups excluding carboxylic acids is 2. The molecule has 1 amide bonds. The highest BCUT2D eigenvalue weighted by Crippen LogP contribution is 2.32. The molecular weight excluding hydrogens is 370 g/mol. The molecule has 0 aromatic heterocycles. The van der Waals surface area contributed by atoms with Crippen molar-refractivity contribution in [3.63, 3.8) is 0 Å². The number of nitrogens with zero attached hydrogens (tertiary/aromatic N) is 2. The zero-order valence-electron chi connectivity index (χ0n) is 14.3. The largest absolute Gasteiger partial charge is 0.294 e. The van der Waals surface area contributed by atoms with Gasteiger partial charge in [0.25, 0.3) is 0 Å². The van der Waals surface area contributed by atoms with Crippen molar-refractivity contribution < 1.29 is 18.4 Å². The van der Waals surface area contributed by atoms with Crippen LogP contribution in [-0.2, 0) is 4.79 Å². The molecule has 1 fully saturated rings. The summed E-state index contributed by atoms with van der Waals surface area (Å²) in [4.78, 5) is 30.9. The highest BCUT2D eigenvalue weighted by atomic mass is 32.2. The van der Waals surface area contributed by atoms with Gasteiger partial charge in [0, 0.05) is 18.5 Å². The van der Waals surface area contributed by atoms with Crippen LogP contribution in [0.2, 0.25) is 0 Å². The Bertz CT molecular complexity index is 895. The Labute approximate surface area is 159 Å². The van der Waals surface area contributed by atoms with Gasteiger partial charge in [-0.25, -0.2) is 13.8 Å². The summed E-state index contributed by atoms with van der Waals surface area (Å²) in [5.41, 5.74) is 0.857. The van der Waals surface area contributed by atoms with Gasteiger partial charge in [0.2, 0.25) is 5.91 Å². The van der Waals surface area contributed by atoms with Gasteiger partial charge in [-0.1, -0.05) is 17.8 Å². The lowest BCUT2D eigenvalue weighted by Gasteiger charge is -2.13. The second kappa shape index (κ2) is 8.26. The quantitative estimate of drug-likeness (QED) is 0.548. The Kier molecular flexibility index (Phi) is 5.81. The van der Waals surface area contributed by atoms with Gasteiger partial charge in [-0.05, 0) is 48.5 Å². The van der Waals surface area contributed by atoms with E-state index in [1.165, 1.54) is 65.2 Å². The van der Waals surface area contributed by atoms with E-state index in [2.05, 4.69) is 11.6 Å². The fourth-order valence-corrected chi connectivity index (χ4v) is 3.74. The van der Waals surface area contributed by atoms with Crippen LogP contribution in [-0.4, -0.2) is 33.6 Å². The molecule has 1 heterocycles. The molecule has 138 valence electrons. The molecule has 3 rings (SSSR count). The zero-order valence-corrected chi connectivity index (χ0v) is 15.1. The third-order valence-corrected chi connectivity index (χ3v) is 5.10. The summed E-state index contributed by atoms with van der Waals surface area (Å²) in [6.45, 7) is 3.90. The lowest BCUT2D eigenvalue weighted by molar-refractivity contribution is -0.125. The van der Waals surface area contributed by atoms with E-state index in [0.29, 0.717) is 16.4 Å². The Balaban J connectivity index is 1.79. The molecule has 1 unspecified atom stereocenters. The third-order valence-electron chi connectivity index (χ3n) is 3.92. The molecular formula is C20H16F2N2O2S. The fraction of sp³-hybridized carbons (Fsp3) is 0.150. The number of thioether (sulfide) groups is 1. The standard InChI is InChI=1S/C20H16F2N2O2S/c1-2-11-24-19(26)18(12-17(25)13-3-5-14(21)6-4-13)27-20(24)23-16-9-7-15(22)8-10-16/h2-10,18H,1,11-12H2. The molecule has 1 aliphatic rings. The number of hydrogen-bond donors (Lipinski definition) is 0. The molecule has 0 radical (unpaired) electrons. The highest BCUT2D eigenvalue weighted by molar-refractivity contribution is 8.15. The van der Waals surface area contributed by atoms with E-state index in [9.17, 15) is 18.4 Å². The highest BCUT2D eigenvalue weighted by Gasteiger charge is 2.38. The number of amidine groups is 1. The molecule has 0 saturated carbocycles. The van der Waals surface area contributed by atoms with Crippen LogP contribution < -0.4 is 0 Å². The van der Waals surface area contributed by atoms with E-state index in [4.69, 9.17) is 0 Å². The van der Waals surface area contributed by atoms with E-state index < -0.39 is 11.1 Å². The third kappa shape index (κ3) is 4.49. The van der Waals surface area contributed by atoms with E-state index >= 15 is 0 Å². The minimum atomic E-state index is -0.623. The molecule has 2 aromatic rings. The molecule has 27 heavy (non-hydrogen) atoms. The second-order valence-corrected chi connectivity index (χ2v) is 7.02. The molecule has 7 heteroatoms. The van der Waals surface area contributed by atoms with Crippen LogP contribution in [0.15, 0.2) is 66.2 Å². The first-order valence-corrected chi connectivity index (χ1v) is 9.08. The van der Waals surface area contributed by atoms with Crippen LogP contribution in [0.25, 0.3) is 0 Å². The number of Topliss-reactive ketones (excluding diaryl/α,β-unsaturated/α-hetero) is 1. The van der Waals surface area contributed by atoms with Crippen LogP contribution in [0, 0.1) is 11.6 Å². The smallest absolute Gasteiger partial charge is 0.242 e. The molecule has 0 aliphatic carbocycles. The van der Waals surface area contributed by atoms with Gasteiger partial charge >= 0.3 is 0 Å². The van der Waals surface area contributed by atoms with Crippen molar-refractivity contribution in [1.82, 2.24) is 4.90 Å². The first-order valence-electron chi connectivity index (χ1n) is 8.20. The summed E-state index contributed by atoms with van der Waals surface area (Å²) in [5, 5.41) is -0.190. The molecule has 1 aliphatic heterocycles. The minimum absolute atomic E-state index is 0.0226. The first kappa shape index (κ1) is 19.0. The van der Waals surface area contributed by atoms with Crippen LogP contribution in [0.5, 0.6) is 0 Å². The van der Waals surface area contributed by atoms with Gasteiger partial charge < -0.3 is 0 Å². The number of carbonyl (C=O) groups is 2. The van der Waals surface area contributed by atoms with Gasteiger partial charge in [0.05, 0.1) is 10.9 Å². The summed E-state index contributed by atoms with van der Waals surface area (Å²) < 4.78 is 26.1. The lowest BCUT2D eigenvalue weighted by atomic mass is 10.1. The molecule has 0 N–H and O–H groups in total. The van der Waals surface area contributed by atoms with Crippen molar-refractivity contribution in [3.8, 4) is 0 Å². The maximum Gasteiger partial charge on any atom is 0.242 e. The van der Waals surface area contributed by atoms with Crippen molar-refractivity contribution in [3.05, 3.63) is 78.4 Å². The van der Waals surface area contributed by atoms with Crippen molar-refractivity contribution in [2.45, 2.75) is 11.7 Å². The van der Waals surface area contributed by atoms with Gasteiger partial charge in [-0.15, -0.1) is 6.58 Å². The van der Waals surface area contributed by atoms with Crippen LogP contribution >= 0.6 is 11.8 Å². The van der Waals surface area contributed by atoms with Gasteiger partial charge in [0.15, 0.2) is 11.0 Å². The molecule has 4 nitrogen and oxygen atoms in total. The molecule has 0 bridgehead atoms. The fourth-order valence-electron chi connectivity index (χ4n) is 2.57. The van der Waals surface area contributed by atoms with E-state index in [0.717, 1.165) is 0 Å². The number of halogens is 2. The number of amides is 1. The lowest BCUT2D eigenvalue weighted by Crippen LogP contribution is -2.32. The van der Waals surface area contributed by atoms with E-state index in [-0.39, 0.29) is 30.5 Å². The van der Waals surface area contributed by atoms with E-state index in [1.807, 2.05) is 0 Å². The van der Waals surface area contributed by atoms with Gasteiger partial charge in [-0.3, -0.25) is 14.5 Å². The number of hydrogen-bond acceptors (Lipinski definition) is 4. The van der Waals surface area contributed by atoms with Crippen molar-refractivity contribution >= 4 is 34.3 Å². The molecule has 0 spiro atoms. The van der Waals surface area contributed by atoms with E-state index in [1.54, 1.807) is 6.08 Å².